The van der Waals surface area contributed by atoms with Gasteiger partial charge in [0.25, 0.3) is 0 Å². The molecule has 1 heterocycles. The van der Waals surface area contributed by atoms with Crippen LogP contribution in [0, 0.1) is 6.92 Å². The average Bonchev–Trinajstić information content (AvgIpc) is 2.93. The van der Waals surface area contributed by atoms with E-state index < -0.39 is 0 Å². The van der Waals surface area contributed by atoms with Crippen LogP contribution < -0.4 is 0 Å². The van der Waals surface area contributed by atoms with Crippen molar-refractivity contribution in [1.29, 1.82) is 0 Å². The average molecular weight is 449 g/mol. The Bertz CT molecular complexity index is 1610. The molecule has 35 heavy (non-hydrogen) atoms. The van der Waals surface area contributed by atoms with Crippen LogP contribution in [0.4, 0.5) is 0 Å². The highest BCUT2D eigenvalue weighted by Gasteiger charge is 2.09. The standard InChI is InChI=1S/C33H24N2/c1-23-22-32(28-18-14-25(15-19-28)24-8-3-2-4-9-24)35-33(34-23)29-20-16-27(17-21-29)31-13-7-11-26-10-5-6-12-30(26)31/h2-22H,1H3. The predicted octanol–water partition coefficient (Wildman–Crippen LogP) is 8.61. The summed E-state index contributed by atoms with van der Waals surface area (Å²) in [4.78, 5) is 9.65. The maximum atomic E-state index is 4.92. The second kappa shape index (κ2) is 9.00. The Morgan fingerprint density at radius 3 is 1.86 bits per heavy atom. The highest BCUT2D eigenvalue weighted by atomic mass is 14.9. The second-order valence-corrected chi connectivity index (χ2v) is 8.77. The van der Waals surface area contributed by atoms with Crippen molar-refractivity contribution in [3.05, 3.63) is 133 Å². The van der Waals surface area contributed by atoms with Crippen molar-refractivity contribution in [1.82, 2.24) is 9.97 Å². The normalized spacial score (nSPS) is 11.0. The summed E-state index contributed by atoms with van der Waals surface area (Å²) >= 11 is 0. The Balaban J connectivity index is 1.33. The molecule has 0 spiro atoms. The lowest BCUT2D eigenvalue weighted by molar-refractivity contribution is 1.12. The third kappa shape index (κ3) is 4.22. The van der Waals surface area contributed by atoms with Gasteiger partial charge in [-0.05, 0) is 46.0 Å². The monoisotopic (exact) mass is 448 g/mol. The Labute approximate surface area is 205 Å². The summed E-state index contributed by atoms with van der Waals surface area (Å²) in [5.41, 5.74) is 8.83. The molecule has 0 amide bonds. The topological polar surface area (TPSA) is 25.8 Å². The second-order valence-electron chi connectivity index (χ2n) is 8.77. The largest absolute Gasteiger partial charge is 0.233 e. The van der Waals surface area contributed by atoms with E-state index in [1.54, 1.807) is 0 Å². The molecule has 0 atom stereocenters. The van der Waals surface area contributed by atoms with Crippen LogP contribution in [0.1, 0.15) is 5.69 Å². The number of aromatic nitrogens is 2. The Kier molecular flexibility index (Phi) is 5.40. The molecule has 0 bridgehead atoms. The van der Waals surface area contributed by atoms with Gasteiger partial charge in [-0.1, -0.05) is 121 Å². The van der Waals surface area contributed by atoms with Gasteiger partial charge in [0, 0.05) is 16.8 Å². The van der Waals surface area contributed by atoms with E-state index in [2.05, 4.69) is 115 Å². The number of benzene rings is 5. The van der Waals surface area contributed by atoms with Crippen LogP contribution in [0.5, 0.6) is 0 Å². The van der Waals surface area contributed by atoms with Crippen LogP contribution in [0.2, 0.25) is 0 Å². The molecule has 0 unspecified atom stereocenters. The Hall–Kier alpha value is -4.56. The van der Waals surface area contributed by atoms with E-state index in [-0.39, 0.29) is 0 Å². The zero-order chi connectivity index (χ0) is 23.6. The van der Waals surface area contributed by atoms with Crippen LogP contribution in [-0.4, -0.2) is 9.97 Å². The van der Waals surface area contributed by atoms with Gasteiger partial charge < -0.3 is 0 Å². The molecule has 0 saturated carbocycles. The minimum absolute atomic E-state index is 0.747. The molecule has 5 aromatic carbocycles. The molecule has 0 saturated heterocycles. The fourth-order valence-corrected chi connectivity index (χ4v) is 4.59. The zero-order valence-corrected chi connectivity index (χ0v) is 19.5. The summed E-state index contributed by atoms with van der Waals surface area (Å²) in [6.45, 7) is 2.03. The summed E-state index contributed by atoms with van der Waals surface area (Å²) in [5.74, 6) is 0.747. The molecule has 0 aliphatic rings. The van der Waals surface area contributed by atoms with E-state index in [4.69, 9.17) is 9.97 Å². The fourth-order valence-electron chi connectivity index (χ4n) is 4.59. The van der Waals surface area contributed by atoms with Gasteiger partial charge in [0.2, 0.25) is 0 Å². The van der Waals surface area contributed by atoms with Crippen LogP contribution in [-0.2, 0) is 0 Å². The lowest BCUT2D eigenvalue weighted by Crippen LogP contribution is -1.95. The first kappa shape index (κ1) is 21.0. The van der Waals surface area contributed by atoms with E-state index in [1.807, 2.05) is 19.1 Å². The predicted molar refractivity (Wildman–Crippen MR) is 146 cm³/mol. The first-order valence-corrected chi connectivity index (χ1v) is 11.8. The summed E-state index contributed by atoms with van der Waals surface area (Å²) in [6.07, 6.45) is 0. The number of fused-ring (bicyclic) bond motifs is 1. The third-order valence-electron chi connectivity index (χ3n) is 6.39. The molecule has 2 heteroatoms. The third-order valence-corrected chi connectivity index (χ3v) is 6.39. The highest BCUT2D eigenvalue weighted by Crippen LogP contribution is 2.31. The van der Waals surface area contributed by atoms with E-state index in [0.29, 0.717) is 0 Å². The first-order valence-electron chi connectivity index (χ1n) is 11.8. The smallest absolute Gasteiger partial charge is 0.160 e. The van der Waals surface area contributed by atoms with Crippen molar-refractivity contribution >= 4 is 10.8 Å². The summed E-state index contributed by atoms with van der Waals surface area (Å²) in [6, 6.07) is 44.6. The lowest BCUT2D eigenvalue weighted by atomic mass is 9.97. The van der Waals surface area contributed by atoms with Crippen LogP contribution in [0.3, 0.4) is 0 Å². The van der Waals surface area contributed by atoms with Crippen molar-refractivity contribution in [3.8, 4) is 44.9 Å². The molecule has 6 aromatic rings. The van der Waals surface area contributed by atoms with E-state index in [1.165, 1.54) is 33.0 Å². The van der Waals surface area contributed by atoms with E-state index in [0.717, 1.165) is 28.3 Å². The summed E-state index contributed by atoms with van der Waals surface area (Å²) in [5, 5.41) is 2.51. The fraction of sp³-hybridized carbons (Fsp3) is 0.0303. The van der Waals surface area contributed by atoms with Gasteiger partial charge in [0.1, 0.15) is 0 Å². The molecular formula is C33H24N2. The van der Waals surface area contributed by atoms with Gasteiger partial charge in [-0.15, -0.1) is 0 Å². The van der Waals surface area contributed by atoms with Crippen LogP contribution in [0.25, 0.3) is 55.7 Å². The Morgan fingerprint density at radius 1 is 0.457 bits per heavy atom. The lowest BCUT2D eigenvalue weighted by Gasteiger charge is -2.10. The van der Waals surface area contributed by atoms with Crippen LogP contribution in [0.15, 0.2) is 127 Å². The molecule has 6 rings (SSSR count). The van der Waals surface area contributed by atoms with Crippen molar-refractivity contribution in [2.75, 3.05) is 0 Å². The maximum Gasteiger partial charge on any atom is 0.160 e. The molecule has 166 valence electrons. The van der Waals surface area contributed by atoms with Gasteiger partial charge in [-0.2, -0.15) is 0 Å². The minimum Gasteiger partial charge on any atom is -0.233 e. The zero-order valence-electron chi connectivity index (χ0n) is 19.5. The first-order chi connectivity index (χ1) is 17.2. The van der Waals surface area contributed by atoms with Crippen molar-refractivity contribution in [2.45, 2.75) is 6.92 Å². The van der Waals surface area contributed by atoms with E-state index >= 15 is 0 Å². The van der Waals surface area contributed by atoms with Gasteiger partial charge in [0.15, 0.2) is 5.82 Å². The molecule has 0 radical (unpaired) electrons. The molecule has 0 aliphatic heterocycles. The summed E-state index contributed by atoms with van der Waals surface area (Å²) in [7, 11) is 0. The number of aryl methyl sites for hydroxylation is 1. The maximum absolute atomic E-state index is 4.92. The molecule has 0 aliphatic carbocycles. The molecule has 0 fully saturated rings. The summed E-state index contributed by atoms with van der Waals surface area (Å²) < 4.78 is 0. The molecule has 0 N–H and O–H groups in total. The van der Waals surface area contributed by atoms with Gasteiger partial charge in [0.05, 0.1) is 5.69 Å². The highest BCUT2D eigenvalue weighted by molar-refractivity contribution is 5.96. The number of rotatable bonds is 4. The van der Waals surface area contributed by atoms with Gasteiger partial charge in [-0.25, -0.2) is 9.97 Å². The van der Waals surface area contributed by atoms with E-state index in [9.17, 15) is 0 Å². The van der Waals surface area contributed by atoms with Gasteiger partial charge in [-0.3, -0.25) is 0 Å². The Morgan fingerprint density at radius 2 is 1.06 bits per heavy atom. The minimum atomic E-state index is 0.747. The number of nitrogens with zero attached hydrogens (tertiary/aromatic N) is 2. The van der Waals surface area contributed by atoms with Crippen molar-refractivity contribution < 1.29 is 0 Å². The van der Waals surface area contributed by atoms with Crippen molar-refractivity contribution in [2.24, 2.45) is 0 Å². The van der Waals surface area contributed by atoms with Crippen molar-refractivity contribution in [3.63, 3.8) is 0 Å². The quantitative estimate of drug-likeness (QED) is 0.270. The molecule has 2 nitrogen and oxygen atoms in total. The van der Waals surface area contributed by atoms with Gasteiger partial charge >= 0.3 is 0 Å². The number of hydrogen-bond donors (Lipinski definition) is 0. The SMILES string of the molecule is Cc1cc(-c2ccc(-c3ccccc3)cc2)nc(-c2ccc(-c3cccc4ccccc34)cc2)n1. The number of hydrogen-bond acceptors (Lipinski definition) is 2. The van der Waals surface area contributed by atoms with Crippen LogP contribution >= 0.6 is 0 Å². The molecule has 1 aromatic heterocycles. The molecular weight excluding hydrogens is 424 g/mol.